The molecule has 26 heavy (non-hydrogen) atoms. The molecule has 0 radical (unpaired) electrons. The topological polar surface area (TPSA) is 24.1 Å². The predicted octanol–water partition coefficient (Wildman–Crippen LogP) is 4.60. The van der Waals surface area contributed by atoms with Crippen LogP contribution in [0.4, 0.5) is 0 Å². The maximum Gasteiger partial charge on any atom is 0.00769 e. The number of rotatable bonds is 7. The summed E-state index contributed by atoms with van der Waals surface area (Å²) < 4.78 is 0. The zero-order chi connectivity index (χ0) is 17.2. The molecule has 0 atom stereocenters. The summed E-state index contributed by atoms with van der Waals surface area (Å²) in [5.74, 6) is 6.57. The molecule has 8 aliphatic carbocycles. The van der Waals surface area contributed by atoms with Gasteiger partial charge in [-0.15, -0.1) is 0 Å². The lowest BCUT2D eigenvalue weighted by Crippen LogP contribution is -2.52. The fourth-order valence-corrected chi connectivity index (χ4v) is 9.90. The molecule has 2 N–H and O–H groups in total. The molecule has 0 heterocycles. The summed E-state index contributed by atoms with van der Waals surface area (Å²) >= 11 is 0. The van der Waals surface area contributed by atoms with Crippen molar-refractivity contribution in [3.8, 4) is 0 Å². The van der Waals surface area contributed by atoms with Crippen molar-refractivity contribution in [2.75, 3.05) is 26.2 Å². The first-order chi connectivity index (χ1) is 12.7. The number of nitrogens with one attached hydrogen (secondary N) is 2. The van der Waals surface area contributed by atoms with E-state index in [0.29, 0.717) is 10.8 Å². The summed E-state index contributed by atoms with van der Waals surface area (Å²) in [7, 11) is 0. The van der Waals surface area contributed by atoms with Gasteiger partial charge in [0.15, 0.2) is 0 Å². The van der Waals surface area contributed by atoms with Crippen LogP contribution in [0.5, 0.6) is 0 Å². The lowest BCUT2D eigenvalue weighted by Gasteiger charge is -2.57. The Hall–Kier alpha value is -0.0800. The highest BCUT2D eigenvalue weighted by molar-refractivity contribution is 5.03. The van der Waals surface area contributed by atoms with Crippen molar-refractivity contribution in [2.45, 2.75) is 77.0 Å². The molecule has 8 saturated carbocycles. The van der Waals surface area contributed by atoms with Crippen molar-refractivity contribution in [2.24, 2.45) is 46.3 Å². The van der Waals surface area contributed by atoms with E-state index in [-0.39, 0.29) is 0 Å². The summed E-state index contributed by atoms with van der Waals surface area (Å²) in [5.41, 5.74) is 1.41. The van der Waals surface area contributed by atoms with Gasteiger partial charge in [0, 0.05) is 26.2 Å². The molecular formula is C24H40N2. The van der Waals surface area contributed by atoms with Crippen molar-refractivity contribution >= 4 is 0 Å². The molecule has 2 heteroatoms. The van der Waals surface area contributed by atoms with Crippen LogP contribution in [-0.4, -0.2) is 26.2 Å². The fraction of sp³-hybridized carbons (Fsp3) is 1.00. The van der Waals surface area contributed by atoms with Crippen LogP contribution < -0.4 is 10.6 Å². The molecule has 2 nitrogen and oxygen atoms in total. The highest BCUT2D eigenvalue weighted by Crippen LogP contribution is 2.60. The summed E-state index contributed by atoms with van der Waals surface area (Å²) in [6, 6.07) is 0. The molecule has 0 saturated heterocycles. The minimum atomic E-state index is 0.703. The number of hydrogen-bond donors (Lipinski definition) is 2. The second-order valence-corrected chi connectivity index (χ2v) is 12.2. The van der Waals surface area contributed by atoms with Gasteiger partial charge in [-0.3, -0.25) is 0 Å². The molecular weight excluding hydrogens is 316 g/mol. The van der Waals surface area contributed by atoms with Crippen LogP contribution in [0.3, 0.4) is 0 Å². The van der Waals surface area contributed by atoms with E-state index < -0.39 is 0 Å². The van der Waals surface area contributed by atoms with E-state index in [4.69, 9.17) is 0 Å². The Bertz CT molecular complexity index is 420. The SMILES string of the molecule is C(CNCC12CC3CC(CC(C3)C1)C2)NCC12CC3CC(CC(C3)C1)C2. The standard InChI is InChI=1S/C24H40N2/c1(25-15-23-9-17-3-18(10-23)5-19(4-17)11-23)2-26-16-24-12-20-6-21(13-24)8-22(7-20)14-24/h17-22,25-26H,1-16H2. The van der Waals surface area contributed by atoms with Gasteiger partial charge in [0.1, 0.15) is 0 Å². The lowest BCUT2D eigenvalue weighted by molar-refractivity contribution is -0.0528. The van der Waals surface area contributed by atoms with E-state index in [1.54, 1.807) is 77.0 Å². The van der Waals surface area contributed by atoms with E-state index >= 15 is 0 Å². The Morgan fingerprint density at radius 1 is 0.462 bits per heavy atom. The Kier molecular flexibility index (Phi) is 4.02. The first-order valence-electron chi connectivity index (χ1n) is 12.1. The van der Waals surface area contributed by atoms with Crippen LogP contribution in [0.1, 0.15) is 77.0 Å². The zero-order valence-corrected chi connectivity index (χ0v) is 16.8. The van der Waals surface area contributed by atoms with Gasteiger partial charge in [-0.2, -0.15) is 0 Å². The van der Waals surface area contributed by atoms with Gasteiger partial charge in [-0.1, -0.05) is 0 Å². The molecule has 8 bridgehead atoms. The minimum Gasteiger partial charge on any atom is -0.315 e. The van der Waals surface area contributed by atoms with Gasteiger partial charge < -0.3 is 10.6 Å². The Balaban J connectivity index is 0.948. The van der Waals surface area contributed by atoms with Crippen molar-refractivity contribution in [1.29, 1.82) is 0 Å². The molecule has 8 aliphatic rings. The average Bonchev–Trinajstić information content (AvgIpc) is 2.55. The largest absolute Gasteiger partial charge is 0.315 e. The molecule has 0 aliphatic heterocycles. The third-order valence-electron chi connectivity index (χ3n) is 9.81. The minimum absolute atomic E-state index is 0.703. The quantitative estimate of drug-likeness (QED) is 0.652. The highest BCUT2D eigenvalue weighted by Gasteiger charge is 2.51. The van der Waals surface area contributed by atoms with Gasteiger partial charge >= 0.3 is 0 Å². The molecule has 146 valence electrons. The molecule has 0 aromatic heterocycles. The summed E-state index contributed by atoms with van der Waals surface area (Å²) in [5, 5.41) is 7.78. The van der Waals surface area contributed by atoms with Gasteiger partial charge in [0.25, 0.3) is 0 Å². The lowest BCUT2D eigenvalue weighted by atomic mass is 9.49. The van der Waals surface area contributed by atoms with E-state index in [1.165, 1.54) is 26.2 Å². The molecule has 0 aromatic carbocycles. The second kappa shape index (κ2) is 6.21. The maximum absolute atomic E-state index is 3.89. The molecule has 0 spiro atoms. The third kappa shape index (κ3) is 2.98. The predicted molar refractivity (Wildman–Crippen MR) is 107 cm³/mol. The molecule has 8 fully saturated rings. The van der Waals surface area contributed by atoms with Crippen molar-refractivity contribution in [3.63, 3.8) is 0 Å². The van der Waals surface area contributed by atoms with Gasteiger partial charge in [0.2, 0.25) is 0 Å². The molecule has 0 amide bonds. The van der Waals surface area contributed by atoms with E-state index in [2.05, 4.69) is 10.6 Å². The van der Waals surface area contributed by atoms with E-state index in [1.807, 2.05) is 0 Å². The first kappa shape index (κ1) is 16.8. The van der Waals surface area contributed by atoms with Crippen LogP contribution in [0, 0.1) is 46.3 Å². The molecule has 8 rings (SSSR count). The number of hydrogen-bond acceptors (Lipinski definition) is 2. The summed E-state index contributed by atoms with van der Waals surface area (Å²) in [6.07, 6.45) is 18.7. The Morgan fingerprint density at radius 3 is 1.00 bits per heavy atom. The van der Waals surface area contributed by atoms with Crippen LogP contribution in [-0.2, 0) is 0 Å². The smallest absolute Gasteiger partial charge is 0.00769 e. The molecule has 0 unspecified atom stereocenters. The first-order valence-corrected chi connectivity index (χ1v) is 12.1. The van der Waals surface area contributed by atoms with Crippen LogP contribution in [0.15, 0.2) is 0 Å². The van der Waals surface area contributed by atoms with Gasteiger partial charge in [0.05, 0.1) is 0 Å². The van der Waals surface area contributed by atoms with Gasteiger partial charge in [-0.25, -0.2) is 0 Å². The molecule has 0 aromatic rings. The van der Waals surface area contributed by atoms with Crippen LogP contribution >= 0.6 is 0 Å². The average molecular weight is 357 g/mol. The monoisotopic (exact) mass is 356 g/mol. The Labute approximate surface area is 160 Å². The van der Waals surface area contributed by atoms with Crippen molar-refractivity contribution < 1.29 is 0 Å². The zero-order valence-electron chi connectivity index (χ0n) is 16.8. The summed E-state index contributed by atoms with van der Waals surface area (Å²) in [6.45, 7) is 5.01. The van der Waals surface area contributed by atoms with Crippen LogP contribution in [0.25, 0.3) is 0 Å². The third-order valence-corrected chi connectivity index (χ3v) is 9.81. The normalized spacial score (nSPS) is 53.5. The van der Waals surface area contributed by atoms with E-state index in [0.717, 1.165) is 35.5 Å². The summed E-state index contributed by atoms with van der Waals surface area (Å²) in [4.78, 5) is 0. The van der Waals surface area contributed by atoms with Gasteiger partial charge in [-0.05, 0) is 123 Å². The maximum atomic E-state index is 3.89. The Morgan fingerprint density at radius 2 is 0.731 bits per heavy atom. The van der Waals surface area contributed by atoms with E-state index in [9.17, 15) is 0 Å². The highest BCUT2D eigenvalue weighted by atomic mass is 15.0. The van der Waals surface area contributed by atoms with Crippen molar-refractivity contribution in [1.82, 2.24) is 10.6 Å². The second-order valence-electron chi connectivity index (χ2n) is 12.2. The van der Waals surface area contributed by atoms with Crippen LogP contribution in [0.2, 0.25) is 0 Å². The van der Waals surface area contributed by atoms with Crippen molar-refractivity contribution in [3.05, 3.63) is 0 Å². The fourth-order valence-electron chi connectivity index (χ4n) is 9.90.